The van der Waals surface area contributed by atoms with Crippen LogP contribution in [0.2, 0.25) is 0 Å². The molecular weight excluding hydrogens is 284 g/mol. The van der Waals surface area contributed by atoms with E-state index in [0.717, 1.165) is 48.6 Å². The van der Waals surface area contributed by atoms with Crippen molar-refractivity contribution in [3.05, 3.63) is 17.0 Å². The minimum Gasteiger partial charge on any atom is -0.374 e. The van der Waals surface area contributed by atoms with Gasteiger partial charge in [-0.2, -0.15) is 16.9 Å². The lowest BCUT2D eigenvalue weighted by Crippen LogP contribution is -2.42. The first-order chi connectivity index (χ1) is 10.0. The Bertz CT molecular complexity index is 547. The quantitative estimate of drug-likeness (QED) is 0.860. The van der Waals surface area contributed by atoms with Gasteiger partial charge in [-0.1, -0.05) is 0 Å². The van der Waals surface area contributed by atoms with Crippen molar-refractivity contribution in [2.45, 2.75) is 45.1 Å². The summed E-state index contributed by atoms with van der Waals surface area (Å²) >= 11 is 1.96. The molecule has 1 aromatic heterocycles. The van der Waals surface area contributed by atoms with Crippen LogP contribution < -0.4 is 0 Å². The third kappa shape index (κ3) is 2.90. The van der Waals surface area contributed by atoms with Crippen molar-refractivity contribution in [3.8, 4) is 0 Å². The molecule has 5 heteroatoms. The number of carbonyl (C=O) groups is 1. The Kier molecular flexibility index (Phi) is 4.14. The van der Waals surface area contributed by atoms with Gasteiger partial charge in [0.15, 0.2) is 0 Å². The summed E-state index contributed by atoms with van der Waals surface area (Å²) in [7, 11) is 1.94. The fourth-order valence-corrected chi connectivity index (χ4v) is 4.94. The van der Waals surface area contributed by atoms with Crippen LogP contribution in [-0.2, 0) is 23.0 Å². The van der Waals surface area contributed by atoms with Crippen molar-refractivity contribution in [2.75, 3.05) is 18.1 Å². The number of nitrogens with zero attached hydrogens (tertiary/aromatic N) is 2. The molecule has 0 saturated carbocycles. The lowest BCUT2D eigenvalue weighted by atomic mass is 9.81. The van der Waals surface area contributed by atoms with E-state index in [1.165, 1.54) is 5.75 Å². The molecule has 1 aromatic rings. The minimum absolute atomic E-state index is 0.0116. The Labute approximate surface area is 130 Å². The first kappa shape index (κ1) is 15.1. The summed E-state index contributed by atoms with van der Waals surface area (Å²) in [4.78, 5) is 12.7. The Hall–Kier alpha value is -0.810. The number of carbonyl (C=O) groups excluding carboxylic acids is 1. The molecule has 3 rings (SSSR count). The molecule has 2 saturated heterocycles. The molecule has 0 bridgehead atoms. The van der Waals surface area contributed by atoms with Crippen molar-refractivity contribution in [3.63, 3.8) is 0 Å². The van der Waals surface area contributed by atoms with Gasteiger partial charge in [-0.25, -0.2) is 0 Å². The van der Waals surface area contributed by atoms with Gasteiger partial charge < -0.3 is 4.74 Å². The highest BCUT2D eigenvalue weighted by Crippen LogP contribution is 2.40. The lowest BCUT2D eigenvalue weighted by molar-refractivity contribution is -0.133. The number of aryl methyl sites for hydroxylation is 2. The first-order valence-electron chi connectivity index (χ1n) is 7.74. The highest BCUT2D eigenvalue weighted by Gasteiger charge is 2.42. The Morgan fingerprint density at radius 3 is 2.95 bits per heavy atom. The molecule has 2 fully saturated rings. The van der Waals surface area contributed by atoms with Crippen LogP contribution in [0.5, 0.6) is 0 Å². The van der Waals surface area contributed by atoms with Gasteiger partial charge in [-0.15, -0.1) is 0 Å². The van der Waals surface area contributed by atoms with E-state index in [9.17, 15) is 4.79 Å². The molecule has 2 aliphatic rings. The summed E-state index contributed by atoms with van der Waals surface area (Å²) in [5.74, 6) is 2.76. The summed E-state index contributed by atoms with van der Waals surface area (Å²) < 4.78 is 7.89. The molecule has 0 aromatic carbocycles. The molecule has 4 nitrogen and oxygen atoms in total. The number of aromatic nitrogens is 2. The maximum Gasteiger partial charge on any atom is 0.140 e. The molecule has 2 atom stereocenters. The van der Waals surface area contributed by atoms with Crippen LogP contribution in [0.4, 0.5) is 0 Å². The average molecular weight is 308 g/mol. The molecule has 21 heavy (non-hydrogen) atoms. The zero-order chi connectivity index (χ0) is 15.0. The summed E-state index contributed by atoms with van der Waals surface area (Å²) in [6.45, 7) is 4.78. The summed E-state index contributed by atoms with van der Waals surface area (Å²) in [6.07, 6.45) is 3.42. The maximum absolute atomic E-state index is 12.7. The van der Waals surface area contributed by atoms with Crippen molar-refractivity contribution in [1.29, 1.82) is 0 Å². The molecule has 0 aliphatic carbocycles. The number of hydrogen-bond donors (Lipinski definition) is 0. The third-order valence-corrected chi connectivity index (χ3v) is 6.25. The predicted molar refractivity (Wildman–Crippen MR) is 84.7 cm³/mol. The molecule has 0 N–H and O–H groups in total. The number of ether oxygens (including phenoxy) is 1. The van der Waals surface area contributed by atoms with Crippen LogP contribution in [-0.4, -0.2) is 39.3 Å². The van der Waals surface area contributed by atoms with Crippen LogP contribution in [0.25, 0.3) is 0 Å². The number of ketones is 1. The van der Waals surface area contributed by atoms with Crippen molar-refractivity contribution in [2.24, 2.45) is 13.0 Å². The standard InChI is InChI=1S/C16H24N2O2S/c1-11-14(12(2)18(3)17-11)8-15(19)13-4-6-20-16(9-13)5-7-21-10-16/h13H,4-10H2,1-3H3. The smallest absolute Gasteiger partial charge is 0.140 e. The number of rotatable bonds is 3. The van der Waals surface area contributed by atoms with Gasteiger partial charge in [0.05, 0.1) is 11.3 Å². The van der Waals surface area contributed by atoms with Crippen molar-refractivity contribution < 1.29 is 9.53 Å². The van der Waals surface area contributed by atoms with Crippen molar-refractivity contribution >= 4 is 17.5 Å². The topological polar surface area (TPSA) is 44.1 Å². The number of hydrogen-bond acceptors (Lipinski definition) is 4. The van der Waals surface area contributed by atoms with Crippen LogP contribution in [0, 0.1) is 19.8 Å². The highest BCUT2D eigenvalue weighted by atomic mass is 32.2. The number of thioether (sulfide) groups is 1. The second-order valence-corrected chi connectivity index (χ2v) is 7.55. The van der Waals surface area contributed by atoms with E-state index in [0.29, 0.717) is 12.2 Å². The monoisotopic (exact) mass is 308 g/mol. The lowest BCUT2D eigenvalue weighted by Gasteiger charge is -2.37. The normalized spacial score (nSPS) is 29.2. The van der Waals surface area contributed by atoms with Gasteiger partial charge in [0.2, 0.25) is 0 Å². The second kappa shape index (κ2) is 5.76. The van der Waals surface area contributed by atoms with Crippen molar-refractivity contribution in [1.82, 2.24) is 9.78 Å². The fraction of sp³-hybridized carbons (Fsp3) is 0.750. The second-order valence-electron chi connectivity index (χ2n) is 6.44. The predicted octanol–water partition coefficient (Wildman–Crippen LogP) is 2.45. The van der Waals surface area contributed by atoms with Crippen LogP contribution in [0.1, 0.15) is 36.2 Å². The van der Waals surface area contributed by atoms with Crippen LogP contribution >= 0.6 is 11.8 Å². The van der Waals surface area contributed by atoms with E-state index in [1.54, 1.807) is 0 Å². The van der Waals surface area contributed by atoms with Gasteiger partial charge in [0, 0.05) is 43.0 Å². The highest BCUT2D eigenvalue weighted by molar-refractivity contribution is 7.99. The van der Waals surface area contributed by atoms with E-state index in [2.05, 4.69) is 5.10 Å². The molecule has 3 heterocycles. The van der Waals surface area contributed by atoms with Crippen LogP contribution in [0.3, 0.4) is 0 Å². The first-order valence-corrected chi connectivity index (χ1v) is 8.90. The van der Waals surface area contributed by atoms with Gasteiger partial charge in [-0.05, 0) is 38.9 Å². The molecule has 0 amide bonds. The zero-order valence-corrected chi connectivity index (χ0v) is 14.0. The molecule has 0 radical (unpaired) electrons. The average Bonchev–Trinajstić information content (AvgIpc) is 2.99. The molecule has 1 spiro atoms. The molecular formula is C16H24N2O2S. The zero-order valence-electron chi connectivity index (χ0n) is 13.1. The molecule has 116 valence electrons. The van der Waals surface area contributed by atoms with E-state index in [4.69, 9.17) is 4.74 Å². The Morgan fingerprint density at radius 2 is 2.33 bits per heavy atom. The van der Waals surface area contributed by atoms with E-state index in [-0.39, 0.29) is 11.5 Å². The largest absolute Gasteiger partial charge is 0.374 e. The summed E-state index contributed by atoms with van der Waals surface area (Å²) in [6, 6.07) is 0. The molecule has 2 aliphatic heterocycles. The van der Waals surface area contributed by atoms with Crippen LogP contribution in [0.15, 0.2) is 0 Å². The van der Waals surface area contributed by atoms with Gasteiger partial charge in [0.1, 0.15) is 5.78 Å². The minimum atomic E-state index is -0.0116. The number of Topliss-reactive ketones (excluding diaryl/α,β-unsaturated/α-hetero) is 1. The van der Waals surface area contributed by atoms with E-state index in [1.807, 2.05) is 37.3 Å². The van der Waals surface area contributed by atoms with E-state index >= 15 is 0 Å². The third-order valence-electron chi connectivity index (χ3n) is 5.03. The fourth-order valence-electron chi connectivity index (χ4n) is 3.56. The van der Waals surface area contributed by atoms with Gasteiger partial charge in [0.25, 0.3) is 0 Å². The van der Waals surface area contributed by atoms with Gasteiger partial charge in [-0.3, -0.25) is 9.48 Å². The molecule has 2 unspecified atom stereocenters. The van der Waals surface area contributed by atoms with E-state index < -0.39 is 0 Å². The Morgan fingerprint density at radius 1 is 1.52 bits per heavy atom. The Balaban J connectivity index is 1.70. The van der Waals surface area contributed by atoms with Gasteiger partial charge >= 0.3 is 0 Å². The summed E-state index contributed by atoms with van der Waals surface area (Å²) in [5.41, 5.74) is 3.20. The SMILES string of the molecule is Cc1nn(C)c(C)c1CC(=O)C1CCOC2(CCSC2)C1. The maximum atomic E-state index is 12.7. The summed E-state index contributed by atoms with van der Waals surface area (Å²) in [5, 5.41) is 4.42.